The Morgan fingerprint density at radius 1 is 1.19 bits per heavy atom. The second kappa shape index (κ2) is 6.38. The van der Waals surface area contributed by atoms with E-state index in [9.17, 15) is 9.59 Å². The molecule has 0 aliphatic rings. The van der Waals surface area contributed by atoms with Gasteiger partial charge in [0.05, 0.1) is 22.8 Å². The third-order valence-electron chi connectivity index (χ3n) is 4.41. The van der Waals surface area contributed by atoms with E-state index in [0.717, 1.165) is 26.7 Å². The second-order valence-corrected chi connectivity index (χ2v) is 7.25. The number of aromatic nitrogens is 2. The normalized spacial score (nSPS) is 11.2. The summed E-state index contributed by atoms with van der Waals surface area (Å²) in [5, 5.41) is 7.31. The molecule has 0 saturated heterocycles. The number of benzene rings is 1. The Morgan fingerprint density at radius 2 is 1.96 bits per heavy atom. The standard InChI is InChI=1S/C20H17N3O2S/c1-22(2)17(24)11-15-10-16(13-6-4-3-5-7-13)20(25)23-18(15)19-14(12-21-23)8-9-26-19/h3-10,12H,11H2,1-2H3. The zero-order valence-corrected chi connectivity index (χ0v) is 15.3. The summed E-state index contributed by atoms with van der Waals surface area (Å²) >= 11 is 1.55. The van der Waals surface area contributed by atoms with Crippen LogP contribution in [0.1, 0.15) is 5.56 Å². The molecule has 0 aliphatic heterocycles. The highest BCUT2D eigenvalue weighted by atomic mass is 32.1. The van der Waals surface area contributed by atoms with Crippen LogP contribution in [0.3, 0.4) is 0 Å². The number of rotatable bonds is 3. The van der Waals surface area contributed by atoms with Crippen LogP contribution >= 0.6 is 11.3 Å². The number of hydrogen-bond donors (Lipinski definition) is 0. The Labute approximate surface area is 154 Å². The first-order valence-corrected chi connectivity index (χ1v) is 9.11. The van der Waals surface area contributed by atoms with E-state index in [2.05, 4.69) is 5.10 Å². The van der Waals surface area contributed by atoms with Crippen LogP contribution in [0.5, 0.6) is 0 Å². The Hall–Kier alpha value is -2.99. The Morgan fingerprint density at radius 3 is 2.69 bits per heavy atom. The monoisotopic (exact) mass is 363 g/mol. The van der Waals surface area contributed by atoms with Gasteiger partial charge in [0, 0.05) is 25.0 Å². The first-order valence-electron chi connectivity index (χ1n) is 8.23. The van der Waals surface area contributed by atoms with Crippen molar-refractivity contribution in [1.82, 2.24) is 14.5 Å². The Bertz CT molecular complexity index is 1180. The minimum Gasteiger partial charge on any atom is -0.349 e. The molecular weight excluding hydrogens is 346 g/mol. The van der Waals surface area contributed by atoms with Gasteiger partial charge in [0.2, 0.25) is 5.91 Å². The summed E-state index contributed by atoms with van der Waals surface area (Å²) in [6.07, 6.45) is 1.92. The van der Waals surface area contributed by atoms with Crippen molar-refractivity contribution in [2.75, 3.05) is 14.1 Å². The number of pyridine rings is 1. The summed E-state index contributed by atoms with van der Waals surface area (Å²) in [4.78, 5) is 27.0. The molecule has 0 fully saturated rings. The largest absolute Gasteiger partial charge is 0.349 e. The third kappa shape index (κ3) is 2.68. The zero-order chi connectivity index (χ0) is 18.3. The summed E-state index contributed by atoms with van der Waals surface area (Å²) in [7, 11) is 3.47. The van der Waals surface area contributed by atoms with Gasteiger partial charge < -0.3 is 4.90 Å². The first-order chi connectivity index (χ1) is 12.6. The average Bonchev–Trinajstić information content (AvgIpc) is 3.13. The SMILES string of the molecule is CN(C)C(=O)Cc1cc(-c2ccccc2)c(=O)n2ncc3ccsc3c12. The van der Waals surface area contributed by atoms with Gasteiger partial charge >= 0.3 is 0 Å². The summed E-state index contributed by atoms with van der Waals surface area (Å²) in [5.41, 5.74) is 2.72. The molecule has 0 bridgehead atoms. The molecule has 26 heavy (non-hydrogen) atoms. The molecule has 0 saturated carbocycles. The predicted molar refractivity (Wildman–Crippen MR) is 105 cm³/mol. The predicted octanol–water partition coefficient (Wildman–Crippen LogP) is 3.21. The van der Waals surface area contributed by atoms with E-state index < -0.39 is 0 Å². The molecule has 3 heterocycles. The maximum atomic E-state index is 13.1. The van der Waals surface area contributed by atoms with Gasteiger partial charge in [-0.05, 0) is 28.6 Å². The van der Waals surface area contributed by atoms with E-state index >= 15 is 0 Å². The molecule has 0 radical (unpaired) electrons. The molecule has 3 aromatic heterocycles. The molecule has 0 aliphatic carbocycles. The molecule has 5 nitrogen and oxygen atoms in total. The maximum absolute atomic E-state index is 13.1. The molecule has 1 amide bonds. The van der Waals surface area contributed by atoms with E-state index in [1.165, 1.54) is 4.52 Å². The van der Waals surface area contributed by atoms with Crippen LogP contribution in [0, 0.1) is 0 Å². The number of likely N-dealkylation sites (N-methyl/N-ethyl adjacent to an activating group) is 1. The van der Waals surface area contributed by atoms with Crippen molar-refractivity contribution in [1.29, 1.82) is 0 Å². The highest BCUT2D eigenvalue weighted by molar-refractivity contribution is 7.18. The van der Waals surface area contributed by atoms with Crippen molar-refractivity contribution >= 4 is 32.8 Å². The molecule has 0 unspecified atom stereocenters. The van der Waals surface area contributed by atoms with Gasteiger partial charge in [-0.1, -0.05) is 30.3 Å². The fourth-order valence-corrected chi connectivity index (χ4v) is 3.96. The van der Waals surface area contributed by atoms with Crippen LogP contribution in [0.15, 0.2) is 58.8 Å². The lowest BCUT2D eigenvalue weighted by Gasteiger charge is -2.14. The number of amides is 1. The van der Waals surface area contributed by atoms with Crippen LogP contribution in [-0.4, -0.2) is 34.5 Å². The fraction of sp³-hybridized carbons (Fsp3) is 0.150. The lowest BCUT2D eigenvalue weighted by Crippen LogP contribution is -2.25. The minimum atomic E-state index is -0.178. The van der Waals surface area contributed by atoms with Gasteiger partial charge in [0.1, 0.15) is 0 Å². The molecule has 6 heteroatoms. The van der Waals surface area contributed by atoms with Gasteiger partial charge in [0.25, 0.3) is 5.56 Å². The van der Waals surface area contributed by atoms with Gasteiger partial charge in [-0.3, -0.25) is 9.59 Å². The summed E-state index contributed by atoms with van der Waals surface area (Å²) in [6.45, 7) is 0. The van der Waals surface area contributed by atoms with Gasteiger partial charge in [-0.2, -0.15) is 9.61 Å². The van der Waals surface area contributed by atoms with Crippen molar-refractivity contribution < 1.29 is 4.79 Å². The van der Waals surface area contributed by atoms with E-state index in [-0.39, 0.29) is 17.9 Å². The Balaban J connectivity index is 2.07. The maximum Gasteiger partial charge on any atom is 0.279 e. The van der Waals surface area contributed by atoms with Gasteiger partial charge in [-0.15, -0.1) is 11.3 Å². The van der Waals surface area contributed by atoms with Crippen LogP contribution < -0.4 is 5.56 Å². The van der Waals surface area contributed by atoms with Crippen molar-refractivity contribution in [3.8, 4) is 11.1 Å². The number of nitrogens with zero attached hydrogens (tertiary/aromatic N) is 3. The number of hydrogen-bond acceptors (Lipinski definition) is 4. The van der Waals surface area contributed by atoms with Gasteiger partial charge in [-0.25, -0.2) is 0 Å². The van der Waals surface area contributed by atoms with Crippen molar-refractivity contribution in [3.05, 3.63) is 70.0 Å². The number of carbonyl (C=O) groups excluding carboxylic acids is 1. The van der Waals surface area contributed by atoms with E-state index in [1.807, 2.05) is 47.8 Å². The van der Waals surface area contributed by atoms with E-state index in [1.54, 1.807) is 36.5 Å². The number of fused-ring (bicyclic) bond motifs is 3. The zero-order valence-electron chi connectivity index (χ0n) is 14.5. The first kappa shape index (κ1) is 16.5. The van der Waals surface area contributed by atoms with Crippen molar-refractivity contribution in [2.45, 2.75) is 6.42 Å². The van der Waals surface area contributed by atoms with E-state index in [4.69, 9.17) is 0 Å². The summed E-state index contributed by atoms with van der Waals surface area (Å²) in [5.74, 6) is -0.0156. The highest BCUT2D eigenvalue weighted by Crippen LogP contribution is 2.28. The molecule has 0 spiro atoms. The quantitative estimate of drug-likeness (QED) is 0.562. The van der Waals surface area contributed by atoms with Crippen LogP contribution in [-0.2, 0) is 11.2 Å². The van der Waals surface area contributed by atoms with Crippen molar-refractivity contribution in [3.63, 3.8) is 0 Å². The lowest BCUT2D eigenvalue weighted by atomic mass is 10.0. The smallest absolute Gasteiger partial charge is 0.279 e. The van der Waals surface area contributed by atoms with Crippen LogP contribution in [0.25, 0.3) is 26.7 Å². The molecule has 4 aromatic rings. The molecule has 4 rings (SSSR count). The highest BCUT2D eigenvalue weighted by Gasteiger charge is 2.17. The fourth-order valence-electron chi connectivity index (χ4n) is 3.02. The molecule has 0 atom stereocenters. The minimum absolute atomic E-state index is 0.0156. The van der Waals surface area contributed by atoms with Gasteiger partial charge in [0.15, 0.2) is 0 Å². The Kier molecular flexibility index (Phi) is 4.05. The topological polar surface area (TPSA) is 54.7 Å². The molecule has 1 aromatic carbocycles. The number of thiophene rings is 1. The van der Waals surface area contributed by atoms with E-state index in [0.29, 0.717) is 5.56 Å². The van der Waals surface area contributed by atoms with Crippen LogP contribution in [0.2, 0.25) is 0 Å². The number of carbonyl (C=O) groups is 1. The lowest BCUT2D eigenvalue weighted by molar-refractivity contribution is -0.127. The molecule has 0 N–H and O–H groups in total. The molecular formula is C20H17N3O2S. The van der Waals surface area contributed by atoms with Crippen molar-refractivity contribution in [2.24, 2.45) is 0 Å². The average molecular weight is 363 g/mol. The summed E-state index contributed by atoms with van der Waals surface area (Å²) in [6, 6.07) is 13.3. The third-order valence-corrected chi connectivity index (χ3v) is 5.34. The second-order valence-electron chi connectivity index (χ2n) is 6.33. The summed E-state index contributed by atoms with van der Waals surface area (Å²) < 4.78 is 2.40. The molecule has 130 valence electrons. The van der Waals surface area contributed by atoms with Crippen LogP contribution in [0.4, 0.5) is 0 Å².